The minimum absolute atomic E-state index is 0.0811. The Morgan fingerprint density at radius 1 is 1.00 bits per heavy atom. The van der Waals surface area contributed by atoms with E-state index in [-0.39, 0.29) is 35.1 Å². The van der Waals surface area contributed by atoms with Gasteiger partial charge in [0.25, 0.3) is 15.9 Å². The molecule has 0 bridgehead atoms. The summed E-state index contributed by atoms with van der Waals surface area (Å²) in [6.07, 6.45) is 0.954. The van der Waals surface area contributed by atoms with Crippen molar-refractivity contribution in [3.8, 4) is 0 Å². The fourth-order valence-corrected chi connectivity index (χ4v) is 5.72. The summed E-state index contributed by atoms with van der Waals surface area (Å²) in [4.78, 5) is 33.3. The molecule has 2 amide bonds. The average Bonchev–Trinajstić information content (AvgIpc) is 2.82. The Hall–Kier alpha value is -3.66. The Kier molecular flexibility index (Phi) is 7.16. The molecule has 1 fully saturated rings. The summed E-state index contributed by atoms with van der Waals surface area (Å²) >= 11 is 0. The van der Waals surface area contributed by atoms with Crippen LogP contribution < -0.4 is 4.72 Å². The van der Waals surface area contributed by atoms with E-state index in [1.54, 1.807) is 78.4 Å². The number of hydrogen-bond donors (Lipinski definition) is 1. The molecule has 3 aromatic rings. The number of nitrogens with one attached hydrogen (secondary N) is 1. The van der Waals surface area contributed by atoms with Gasteiger partial charge in [0.05, 0.1) is 23.7 Å². The predicted molar refractivity (Wildman–Crippen MR) is 137 cm³/mol. The topological polar surface area (TPSA) is 109 Å². The molecule has 2 aromatic carbocycles. The maximum absolute atomic E-state index is 13.2. The lowest BCUT2D eigenvalue weighted by Crippen LogP contribution is -2.60. The number of pyridine rings is 1. The molecule has 1 aliphatic heterocycles. The van der Waals surface area contributed by atoms with Gasteiger partial charge in [0, 0.05) is 35.9 Å². The predicted octanol–water partition coefficient (Wildman–Crippen LogP) is 4.12. The summed E-state index contributed by atoms with van der Waals surface area (Å²) in [6.45, 7) is 8.12. The number of fused-ring (bicyclic) bond motifs is 1. The van der Waals surface area contributed by atoms with Crippen molar-refractivity contribution >= 4 is 38.6 Å². The number of ether oxygens (including phenoxy) is 1. The molecule has 0 aliphatic carbocycles. The van der Waals surface area contributed by atoms with Gasteiger partial charge in [-0.15, -0.1) is 0 Å². The van der Waals surface area contributed by atoms with Crippen molar-refractivity contribution in [3.05, 3.63) is 66.4 Å². The van der Waals surface area contributed by atoms with Crippen molar-refractivity contribution < 1.29 is 22.7 Å². The third kappa shape index (κ3) is 5.28. The van der Waals surface area contributed by atoms with Gasteiger partial charge in [0.2, 0.25) is 0 Å². The first-order valence-corrected chi connectivity index (χ1v) is 13.3. The number of nitrogens with zero attached hydrogens (tertiary/aromatic N) is 3. The highest BCUT2D eigenvalue weighted by atomic mass is 32.2. The number of benzene rings is 2. The lowest BCUT2D eigenvalue weighted by Gasteiger charge is -2.43. The molecule has 0 radical (unpaired) electrons. The van der Waals surface area contributed by atoms with E-state index >= 15 is 0 Å². The molecule has 0 spiro atoms. The van der Waals surface area contributed by atoms with Crippen molar-refractivity contribution in [1.29, 1.82) is 0 Å². The van der Waals surface area contributed by atoms with E-state index in [9.17, 15) is 18.0 Å². The molecule has 1 saturated heterocycles. The highest BCUT2D eigenvalue weighted by molar-refractivity contribution is 7.93. The fraction of sp³-hybridized carbons (Fsp3) is 0.346. The standard InChI is InChI=1S/C26H30N4O5S/c1-17(2)35-26(32)30-18(3)15-29(16-19(30)4)25(31)21-10-12-22(13-11-21)28-36(33,34)23-9-5-7-20-8-6-14-27-24(20)23/h5-14,17-19,28H,15-16H2,1-4H3/t18-,19+. The minimum atomic E-state index is -3.89. The molecule has 0 saturated carbocycles. The van der Waals surface area contributed by atoms with Gasteiger partial charge in [0.15, 0.2) is 0 Å². The molecule has 1 aromatic heterocycles. The van der Waals surface area contributed by atoms with E-state index in [4.69, 9.17) is 4.74 Å². The SMILES string of the molecule is CC(C)OC(=O)N1[C@H](C)CN(C(=O)c2ccc(NS(=O)(=O)c3cccc4cccnc34)cc2)C[C@@H]1C. The number of hydrogen-bond acceptors (Lipinski definition) is 6. The Morgan fingerprint density at radius 3 is 2.28 bits per heavy atom. The van der Waals surface area contributed by atoms with Crippen molar-refractivity contribution in [1.82, 2.24) is 14.8 Å². The van der Waals surface area contributed by atoms with Crippen LogP contribution in [0.3, 0.4) is 0 Å². The summed E-state index contributed by atoms with van der Waals surface area (Å²) < 4.78 is 34.0. The third-order valence-corrected chi connectivity index (χ3v) is 7.44. The molecule has 2 atom stereocenters. The first-order valence-electron chi connectivity index (χ1n) is 11.8. The van der Waals surface area contributed by atoms with E-state index in [1.807, 2.05) is 13.8 Å². The maximum atomic E-state index is 13.2. The smallest absolute Gasteiger partial charge is 0.410 e. The lowest BCUT2D eigenvalue weighted by atomic mass is 10.1. The number of rotatable bonds is 5. The molecule has 9 nitrogen and oxygen atoms in total. The largest absolute Gasteiger partial charge is 0.447 e. The molecule has 0 unspecified atom stereocenters. The van der Waals surface area contributed by atoms with Crippen LogP contribution in [0.2, 0.25) is 0 Å². The van der Waals surface area contributed by atoms with Gasteiger partial charge in [-0.25, -0.2) is 13.2 Å². The van der Waals surface area contributed by atoms with Crippen LogP contribution >= 0.6 is 0 Å². The van der Waals surface area contributed by atoms with Crippen LogP contribution in [0.25, 0.3) is 10.9 Å². The Morgan fingerprint density at radius 2 is 1.64 bits per heavy atom. The third-order valence-electron chi connectivity index (χ3n) is 6.02. The van der Waals surface area contributed by atoms with Crippen LogP contribution in [0.15, 0.2) is 65.7 Å². The Labute approximate surface area is 211 Å². The normalized spacial score (nSPS) is 18.4. The van der Waals surface area contributed by atoms with E-state index in [1.165, 1.54) is 6.07 Å². The molecule has 4 rings (SSSR count). The maximum Gasteiger partial charge on any atom is 0.410 e. The molecule has 1 aliphatic rings. The second-order valence-corrected chi connectivity index (χ2v) is 10.9. The van der Waals surface area contributed by atoms with Crippen LogP contribution in [0, 0.1) is 0 Å². The Balaban J connectivity index is 1.46. The zero-order chi connectivity index (χ0) is 26.0. The van der Waals surface area contributed by atoms with Crippen LogP contribution in [-0.4, -0.2) is 66.5 Å². The zero-order valence-corrected chi connectivity index (χ0v) is 21.5. The number of carbonyl (C=O) groups excluding carboxylic acids is 2. The highest BCUT2D eigenvalue weighted by Crippen LogP contribution is 2.24. The number of anilines is 1. The Bertz CT molecular complexity index is 1360. The molecular formula is C26H30N4O5S. The van der Waals surface area contributed by atoms with Gasteiger partial charge < -0.3 is 9.64 Å². The number of aromatic nitrogens is 1. The summed E-state index contributed by atoms with van der Waals surface area (Å²) in [5, 5.41) is 0.724. The quantitative estimate of drug-likeness (QED) is 0.553. The number of para-hydroxylation sites is 1. The first-order chi connectivity index (χ1) is 17.1. The highest BCUT2D eigenvalue weighted by Gasteiger charge is 2.36. The number of amides is 2. The molecular weight excluding hydrogens is 480 g/mol. The second-order valence-electron chi connectivity index (χ2n) is 9.26. The zero-order valence-electron chi connectivity index (χ0n) is 20.7. The molecule has 2 heterocycles. The van der Waals surface area contributed by atoms with Gasteiger partial charge in [-0.05, 0) is 64.1 Å². The van der Waals surface area contributed by atoms with Gasteiger partial charge in [-0.1, -0.05) is 18.2 Å². The van der Waals surface area contributed by atoms with Crippen LogP contribution in [0.4, 0.5) is 10.5 Å². The summed E-state index contributed by atoms with van der Waals surface area (Å²) in [5.74, 6) is -0.182. The van der Waals surface area contributed by atoms with Crippen LogP contribution in [-0.2, 0) is 14.8 Å². The first kappa shape index (κ1) is 25.4. The summed E-state index contributed by atoms with van der Waals surface area (Å²) in [6, 6.07) is 14.4. The number of sulfonamides is 1. The average molecular weight is 511 g/mol. The van der Waals surface area contributed by atoms with Crippen molar-refractivity contribution in [2.24, 2.45) is 0 Å². The van der Waals surface area contributed by atoms with Crippen molar-refractivity contribution in [2.75, 3.05) is 17.8 Å². The van der Waals surface area contributed by atoms with Crippen LogP contribution in [0.5, 0.6) is 0 Å². The second kappa shape index (κ2) is 10.1. The van der Waals surface area contributed by atoms with Gasteiger partial charge in [-0.3, -0.25) is 19.4 Å². The summed E-state index contributed by atoms with van der Waals surface area (Å²) in [7, 11) is -3.89. The van der Waals surface area contributed by atoms with Gasteiger partial charge >= 0.3 is 6.09 Å². The fourth-order valence-electron chi connectivity index (χ4n) is 4.48. The number of piperazine rings is 1. The van der Waals surface area contributed by atoms with Gasteiger partial charge in [-0.2, -0.15) is 0 Å². The van der Waals surface area contributed by atoms with E-state index < -0.39 is 10.0 Å². The van der Waals surface area contributed by atoms with Crippen LogP contribution in [0.1, 0.15) is 38.1 Å². The van der Waals surface area contributed by atoms with Crippen molar-refractivity contribution in [3.63, 3.8) is 0 Å². The molecule has 10 heteroatoms. The lowest BCUT2D eigenvalue weighted by molar-refractivity contribution is 0.0124. The van der Waals surface area contributed by atoms with E-state index in [0.717, 1.165) is 5.39 Å². The molecule has 190 valence electrons. The van der Waals surface area contributed by atoms with Gasteiger partial charge in [0.1, 0.15) is 4.90 Å². The van der Waals surface area contributed by atoms with E-state index in [2.05, 4.69) is 9.71 Å². The molecule has 36 heavy (non-hydrogen) atoms. The summed E-state index contributed by atoms with van der Waals surface area (Å²) in [5.41, 5.74) is 1.16. The number of carbonyl (C=O) groups is 2. The van der Waals surface area contributed by atoms with E-state index in [0.29, 0.717) is 29.9 Å². The van der Waals surface area contributed by atoms with Crippen molar-refractivity contribution in [2.45, 2.75) is 50.8 Å². The monoisotopic (exact) mass is 510 g/mol. The molecule has 1 N–H and O–H groups in total. The minimum Gasteiger partial charge on any atom is -0.447 e.